The van der Waals surface area contributed by atoms with Gasteiger partial charge in [-0.3, -0.25) is 4.79 Å². The van der Waals surface area contributed by atoms with E-state index >= 15 is 0 Å². The van der Waals surface area contributed by atoms with Crippen LogP contribution in [0, 0.1) is 5.92 Å². The molecule has 3 N–H and O–H groups in total. The zero-order valence-electron chi connectivity index (χ0n) is 9.93. The summed E-state index contributed by atoms with van der Waals surface area (Å²) in [6, 6.07) is 9.07. The number of carbonyl (C=O) groups excluding carboxylic acids is 1. The maximum Gasteiger partial charge on any atom is 0.254 e. The van der Waals surface area contributed by atoms with Gasteiger partial charge in [0, 0.05) is 5.92 Å². The maximum absolute atomic E-state index is 11.7. The zero-order valence-corrected chi connectivity index (χ0v) is 9.93. The molecule has 1 aromatic rings. The molecule has 17 heavy (non-hydrogen) atoms. The first-order chi connectivity index (χ1) is 8.15. The molecule has 0 spiro atoms. The van der Waals surface area contributed by atoms with Gasteiger partial charge < -0.3 is 10.8 Å². The largest absolute Gasteiger partial charge is 0.375 e. The van der Waals surface area contributed by atoms with Gasteiger partial charge in [-0.05, 0) is 18.4 Å². The molecule has 0 bridgehead atoms. The summed E-state index contributed by atoms with van der Waals surface area (Å²) in [6.45, 7) is 0. The normalized spacial score (nSPS) is 20.8. The fourth-order valence-electron chi connectivity index (χ4n) is 2.79. The SMILES string of the molecule is NC(=O)C(O)(c1ccccc1)C1CCCCC1. The summed E-state index contributed by atoms with van der Waals surface area (Å²) in [6.07, 6.45) is 5.04. The molecular formula is C14H19NO2. The molecule has 0 heterocycles. The Morgan fingerprint density at radius 3 is 2.29 bits per heavy atom. The van der Waals surface area contributed by atoms with Crippen molar-refractivity contribution in [3.05, 3.63) is 35.9 Å². The number of hydrogen-bond acceptors (Lipinski definition) is 2. The van der Waals surface area contributed by atoms with E-state index in [9.17, 15) is 9.90 Å². The number of amides is 1. The number of aliphatic hydroxyl groups is 1. The first-order valence-corrected chi connectivity index (χ1v) is 6.23. The molecule has 1 aliphatic carbocycles. The molecule has 1 saturated carbocycles. The molecule has 1 atom stereocenters. The van der Waals surface area contributed by atoms with E-state index in [-0.39, 0.29) is 5.92 Å². The van der Waals surface area contributed by atoms with Gasteiger partial charge in [0.05, 0.1) is 0 Å². The number of nitrogens with two attached hydrogens (primary N) is 1. The summed E-state index contributed by atoms with van der Waals surface area (Å²) >= 11 is 0. The van der Waals surface area contributed by atoms with Gasteiger partial charge in [-0.1, -0.05) is 49.6 Å². The van der Waals surface area contributed by atoms with E-state index in [0.717, 1.165) is 25.7 Å². The quantitative estimate of drug-likeness (QED) is 0.838. The van der Waals surface area contributed by atoms with Crippen LogP contribution in [0.2, 0.25) is 0 Å². The van der Waals surface area contributed by atoms with E-state index in [4.69, 9.17) is 5.73 Å². The van der Waals surface area contributed by atoms with Crippen molar-refractivity contribution < 1.29 is 9.90 Å². The molecule has 2 rings (SSSR count). The fraction of sp³-hybridized carbons (Fsp3) is 0.500. The van der Waals surface area contributed by atoms with Gasteiger partial charge in [0.2, 0.25) is 0 Å². The van der Waals surface area contributed by atoms with E-state index in [1.807, 2.05) is 18.2 Å². The number of primary amides is 1. The maximum atomic E-state index is 11.7. The topological polar surface area (TPSA) is 63.3 Å². The van der Waals surface area contributed by atoms with Crippen LogP contribution in [0.25, 0.3) is 0 Å². The molecule has 0 radical (unpaired) electrons. The van der Waals surface area contributed by atoms with Crippen LogP contribution >= 0.6 is 0 Å². The molecule has 0 aliphatic heterocycles. The van der Waals surface area contributed by atoms with Crippen molar-refractivity contribution in [2.45, 2.75) is 37.7 Å². The van der Waals surface area contributed by atoms with Gasteiger partial charge in [-0.25, -0.2) is 0 Å². The van der Waals surface area contributed by atoms with Crippen LogP contribution in [0.3, 0.4) is 0 Å². The average Bonchev–Trinajstić information content (AvgIpc) is 2.39. The Labute approximate surface area is 102 Å². The molecule has 1 fully saturated rings. The lowest BCUT2D eigenvalue weighted by molar-refractivity contribution is -0.145. The Morgan fingerprint density at radius 1 is 1.18 bits per heavy atom. The van der Waals surface area contributed by atoms with Crippen LogP contribution in [-0.4, -0.2) is 11.0 Å². The monoisotopic (exact) mass is 233 g/mol. The van der Waals surface area contributed by atoms with Crippen molar-refractivity contribution in [1.29, 1.82) is 0 Å². The minimum Gasteiger partial charge on any atom is -0.375 e. The third kappa shape index (κ3) is 2.20. The second-order valence-electron chi connectivity index (χ2n) is 4.83. The van der Waals surface area contributed by atoms with Crippen molar-refractivity contribution in [3.63, 3.8) is 0 Å². The van der Waals surface area contributed by atoms with Crippen molar-refractivity contribution in [2.75, 3.05) is 0 Å². The predicted octanol–water partition coefficient (Wildman–Crippen LogP) is 1.94. The van der Waals surface area contributed by atoms with Crippen LogP contribution in [0.1, 0.15) is 37.7 Å². The van der Waals surface area contributed by atoms with Crippen molar-refractivity contribution in [3.8, 4) is 0 Å². The second kappa shape index (κ2) is 4.88. The van der Waals surface area contributed by atoms with Crippen LogP contribution in [-0.2, 0) is 10.4 Å². The minimum absolute atomic E-state index is 0.0452. The molecule has 1 aliphatic rings. The van der Waals surface area contributed by atoms with Crippen LogP contribution < -0.4 is 5.73 Å². The third-order valence-corrected chi connectivity index (χ3v) is 3.79. The summed E-state index contributed by atoms with van der Waals surface area (Å²) in [7, 11) is 0. The van der Waals surface area contributed by atoms with E-state index in [2.05, 4.69) is 0 Å². The van der Waals surface area contributed by atoms with Gasteiger partial charge in [0.25, 0.3) is 5.91 Å². The van der Waals surface area contributed by atoms with Crippen molar-refractivity contribution in [2.24, 2.45) is 11.7 Å². The lowest BCUT2D eigenvalue weighted by Gasteiger charge is -2.36. The summed E-state index contributed by atoms with van der Waals surface area (Å²) in [4.78, 5) is 11.7. The smallest absolute Gasteiger partial charge is 0.254 e. The Kier molecular flexibility index (Phi) is 3.48. The number of hydrogen-bond donors (Lipinski definition) is 2. The fourth-order valence-corrected chi connectivity index (χ4v) is 2.79. The lowest BCUT2D eigenvalue weighted by atomic mass is 9.73. The molecule has 0 aromatic heterocycles. The van der Waals surface area contributed by atoms with Gasteiger partial charge in [0.1, 0.15) is 0 Å². The van der Waals surface area contributed by atoms with Crippen LogP contribution in [0.4, 0.5) is 0 Å². The van der Waals surface area contributed by atoms with E-state index in [1.54, 1.807) is 12.1 Å². The third-order valence-electron chi connectivity index (χ3n) is 3.79. The Bertz CT molecular complexity index is 384. The Hall–Kier alpha value is -1.35. The first-order valence-electron chi connectivity index (χ1n) is 6.23. The minimum atomic E-state index is -1.50. The van der Waals surface area contributed by atoms with Crippen molar-refractivity contribution >= 4 is 5.91 Å². The summed E-state index contributed by atoms with van der Waals surface area (Å²) in [5, 5.41) is 10.7. The highest BCUT2D eigenvalue weighted by molar-refractivity contribution is 5.85. The highest BCUT2D eigenvalue weighted by atomic mass is 16.3. The molecule has 1 aromatic carbocycles. The van der Waals surface area contributed by atoms with Crippen molar-refractivity contribution in [1.82, 2.24) is 0 Å². The van der Waals surface area contributed by atoms with Crippen LogP contribution in [0.15, 0.2) is 30.3 Å². The van der Waals surface area contributed by atoms with Gasteiger partial charge in [0.15, 0.2) is 5.60 Å². The van der Waals surface area contributed by atoms with E-state index in [1.165, 1.54) is 6.42 Å². The Balaban J connectivity index is 2.35. The summed E-state index contributed by atoms with van der Waals surface area (Å²) in [5.41, 5.74) is 4.57. The summed E-state index contributed by atoms with van der Waals surface area (Å²) < 4.78 is 0. The molecule has 0 saturated heterocycles. The molecular weight excluding hydrogens is 214 g/mol. The highest BCUT2D eigenvalue weighted by Gasteiger charge is 2.43. The van der Waals surface area contributed by atoms with E-state index < -0.39 is 11.5 Å². The molecule has 3 nitrogen and oxygen atoms in total. The average molecular weight is 233 g/mol. The second-order valence-corrected chi connectivity index (χ2v) is 4.83. The first kappa shape index (κ1) is 12.1. The van der Waals surface area contributed by atoms with Gasteiger partial charge >= 0.3 is 0 Å². The number of benzene rings is 1. The zero-order chi connectivity index (χ0) is 12.3. The number of rotatable bonds is 3. The highest BCUT2D eigenvalue weighted by Crippen LogP contribution is 2.39. The van der Waals surface area contributed by atoms with Crippen LogP contribution in [0.5, 0.6) is 0 Å². The molecule has 92 valence electrons. The lowest BCUT2D eigenvalue weighted by Crippen LogP contribution is -2.47. The molecule has 3 heteroatoms. The number of carbonyl (C=O) groups is 1. The standard InChI is InChI=1S/C14H19NO2/c15-13(16)14(17,11-7-3-1-4-8-11)12-9-5-2-6-10-12/h1,3-4,7-8,12,17H,2,5-6,9-10H2,(H2,15,16). The molecule has 1 amide bonds. The predicted molar refractivity (Wildman–Crippen MR) is 66.1 cm³/mol. The molecule has 1 unspecified atom stereocenters. The summed E-state index contributed by atoms with van der Waals surface area (Å²) in [5.74, 6) is -0.674. The van der Waals surface area contributed by atoms with Gasteiger partial charge in [-0.2, -0.15) is 0 Å². The van der Waals surface area contributed by atoms with Gasteiger partial charge in [-0.15, -0.1) is 0 Å². The van der Waals surface area contributed by atoms with E-state index in [0.29, 0.717) is 5.56 Å². The Morgan fingerprint density at radius 2 is 1.76 bits per heavy atom.